The normalized spacial score (nSPS) is 12.3. The largest absolute Gasteiger partial charge is 0.313 e. The molecule has 1 unspecified atom stereocenters. The molecule has 2 heterocycles. The van der Waals surface area contributed by atoms with Gasteiger partial charge in [-0.05, 0) is 65.1 Å². The second-order valence-electron chi connectivity index (χ2n) is 4.88. The zero-order valence-corrected chi connectivity index (χ0v) is 13.3. The third-order valence-corrected chi connectivity index (χ3v) is 3.63. The number of rotatable bonds is 7. The molecule has 0 aliphatic carbocycles. The third kappa shape index (κ3) is 5.02. The molecule has 4 heteroatoms. The van der Waals surface area contributed by atoms with Crippen molar-refractivity contribution in [2.45, 2.75) is 32.2 Å². The quantitative estimate of drug-likeness (QED) is 0.843. The Balaban J connectivity index is 2.01. The molecule has 0 saturated heterocycles. The fraction of sp³-hybridized carbons (Fsp3) is 0.375. The van der Waals surface area contributed by atoms with Gasteiger partial charge in [-0.15, -0.1) is 0 Å². The summed E-state index contributed by atoms with van der Waals surface area (Å²) < 4.78 is 1.02. The SMILES string of the molecule is CCCNC(Cc1ccncc1)Cc1ccc(Br)cn1. The van der Waals surface area contributed by atoms with Crippen LogP contribution in [0.25, 0.3) is 0 Å². The van der Waals surface area contributed by atoms with Gasteiger partial charge < -0.3 is 5.32 Å². The van der Waals surface area contributed by atoms with Crippen LogP contribution in [-0.4, -0.2) is 22.6 Å². The first-order valence-corrected chi connectivity index (χ1v) is 7.80. The highest BCUT2D eigenvalue weighted by atomic mass is 79.9. The van der Waals surface area contributed by atoms with Crippen molar-refractivity contribution in [2.75, 3.05) is 6.54 Å². The molecule has 0 saturated carbocycles. The molecule has 106 valence electrons. The van der Waals surface area contributed by atoms with Crippen LogP contribution in [0, 0.1) is 0 Å². The molecule has 2 rings (SSSR count). The highest BCUT2D eigenvalue weighted by molar-refractivity contribution is 9.10. The van der Waals surface area contributed by atoms with Crippen LogP contribution in [0.4, 0.5) is 0 Å². The molecular formula is C16H20BrN3. The molecule has 3 nitrogen and oxygen atoms in total. The molecule has 0 fully saturated rings. The van der Waals surface area contributed by atoms with E-state index in [0.717, 1.165) is 36.0 Å². The third-order valence-electron chi connectivity index (χ3n) is 3.16. The molecule has 0 aromatic carbocycles. The maximum absolute atomic E-state index is 4.47. The van der Waals surface area contributed by atoms with Gasteiger partial charge in [0.05, 0.1) is 0 Å². The molecular weight excluding hydrogens is 314 g/mol. The summed E-state index contributed by atoms with van der Waals surface area (Å²) in [5, 5.41) is 3.61. The highest BCUT2D eigenvalue weighted by Gasteiger charge is 2.10. The van der Waals surface area contributed by atoms with Crippen molar-refractivity contribution >= 4 is 15.9 Å². The van der Waals surface area contributed by atoms with Crippen molar-refractivity contribution in [3.8, 4) is 0 Å². The van der Waals surface area contributed by atoms with Gasteiger partial charge in [-0.3, -0.25) is 9.97 Å². The summed E-state index contributed by atoms with van der Waals surface area (Å²) in [7, 11) is 0. The van der Waals surface area contributed by atoms with Gasteiger partial charge in [0.25, 0.3) is 0 Å². The van der Waals surface area contributed by atoms with E-state index in [-0.39, 0.29) is 0 Å². The maximum Gasteiger partial charge on any atom is 0.0420 e. The van der Waals surface area contributed by atoms with Crippen LogP contribution in [0.5, 0.6) is 0 Å². The van der Waals surface area contributed by atoms with Gasteiger partial charge in [-0.25, -0.2) is 0 Å². The number of hydrogen-bond acceptors (Lipinski definition) is 3. The van der Waals surface area contributed by atoms with E-state index in [0.29, 0.717) is 6.04 Å². The van der Waals surface area contributed by atoms with Crippen LogP contribution in [0.1, 0.15) is 24.6 Å². The van der Waals surface area contributed by atoms with E-state index < -0.39 is 0 Å². The van der Waals surface area contributed by atoms with Crippen molar-refractivity contribution in [3.63, 3.8) is 0 Å². The van der Waals surface area contributed by atoms with Crippen LogP contribution in [-0.2, 0) is 12.8 Å². The van der Waals surface area contributed by atoms with Crippen LogP contribution in [0.3, 0.4) is 0 Å². The zero-order valence-electron chi connectivity index (χ0n) is 11.7. The number of nitrogens with one attached hydrogen (secondary N) is 1. The summed E-state index contributed by atoms with van der Waals surface area (Å²) >= 11 is 3.42. The van der Waals surface area contributed by atoms with E-state index in [9.17, 15) is 0 Å². The molecule has 2 aromatic heterocycles. The lowest BCUT2D eigenvalue weighted by atomic mass is 10.0. The van der Waals surface area contributed by atoms with Gasteiger partial charge in [-0.1, -0.05) is 6.92 Å². The molecule has 20 heavy (non-hydrogen) atoms. The molecule has 0 amide bonds. The number of aromatic nitrogens is 2. The Labute approximate surface area is 129 Å². The first kappa shape index (κ1) is 15.1. The van der Waals surface area contributed by atoms with E-state index in [1.807, 2.05) is 24.7 Å². The molecule has 0 aliphatic heterocycles. The molecule has 1 atom stereocenters. The van der Waals surface area contributed by atoms with E-state index in [2.05, 4.69) is 56.3 Å². The molecule has 2 aromatic rings. The lowest BCUT2D eigenvalue weighted by molar-refractivity contribution is 0.500. The Hall–Kier alpha value is -1.26. The summed E-state index contributed by atoms with van der Waals surface area (Å²) in [6, 6.07) is 8.69. The van der Waals surface area contributed by atoms with Crippen LogP contribution in [0.15, 0.2) is 47.3 Å². The van der Waals surface area contributed by atoms with Gasteiger partial charge in [-0.2, -0.15) is 0 Å². The van der Waals surface area contributed by atoms with Gasteiger partial charge in [0.1, 0.15) is 0 Å². The number of hydrogen-bond donors (Lipinski definition) is 1. The smallest absolute Gasteiger partial charge is 0.0420 e. The predicted octanol–water partition coefficient (Wildman–Crippen LogP) is 3.39. The van der Waals surface area contributed by atoms with Crippen LogP contribution >= 0.6 is 15.9 Å². The Morgan fingerprint density at radius 1 is 1.15 bits per heavy atom. The molecule has 0 radical (unpaired) electrons. The first-order valence-electron chi connectivity index (χ1n) is 7.00. The summed E-state index contributed by atoms with van der Waals surface area (Å²) in [6.45, 7) is 3.22. The van der Waals surface area contributed by atoms with E-state index >= 15 is 0 Å². The fourth-order valence-electron chi connectivity index (χ4n) is 2.15. The van der Waals surface area contributed by atoms with Crippen molar-refractivity contribution in [3.05, 3.63) is 58.6 Å². The van der Waals surface area contributed by atoms with E-state index in [1.165, 1.54) is 5.56 Å². The van der Waals surface area contributed by atoms with Gasteiger partial charge in [0, 0.05) is 41.2 Å². The van der Waals surface area contributed by atoms with E-state index in [4.69, 9.17) is 0 Å². The Morgan fingerprint density at radius 2 is 1.95 bits per heavy atom. The second kappa shape index (κ2) is 8.12. The van der Waals surface area contributed by atoms with Gasteiger partial charge in [0.15, 0.2) is 0 Å². The minimum Gasteiger partial charge on any atom is -0.313 e. The summed E-state index contributed by atoms with van der Waals surface area (Å²) in [4.78, 5) is 8.54. The van der Waals surface area contributed by atoms with Gasteiger partial charge >= 0.3 is 0 Å². The summed E-state index contributed by atoms with van der Waals surface area (Å²) in [5.74, 6) is 0. The lowest BCUT2D eigenvalue weighted by Gasteiger charge is -2.18. The average Bonchev–Trinajstić information content (AvgIpc) is 2.48. The molecule has 0 aliphatic rings. The summed E-state index contributed by atoms with van der Waals surface area (Å²) in [6.07, 6.45) is 8.64. The number of nitrogens with zero attached hydrogens (tertiary/aromatic N) is 2. The molecule has 0 bridgehead atoms. The van der Waals surface area contributed by atoms with Crippen LogP contribution in [0.2, 0.25) is 0 Å². The van der Waals surface area contributed by atoms with Crippen molar-refractivity contribution in [2.24, 2.45) is 0 Å². The monoisotopic (exact) mass is 333 g/mol. The van der Waals surface area contributed by atoms with E-state index in [1.54, 1.807) is 0 Å². The predicted molar refractivity (Wildman–Crippen MR) is 85.7 cm³/mol. The fourth-order valence-corrected chi connectivity index (χ4v) is 2.38. The second-order valence-corrected chi connectivity index (χ2v) is 5.80. The van der Waals surface area contributed by atoms with Crippen LogP contribution < -0.4 is 5.32 Å². The van der Waals surface area contributed by atoms with Crippen molar-refractivity contribution in [1.82, 2.24) is 15.3 Å². The summed E-state index contributed by atoms with van der Waals surface area (Å²) in [5.41, 5.74) is 2.43. The Bertz CT molecular complexity index is 499. The molecule has 0 spiro atoms. The number of pyridine rings is 2. The molecule has 1 N–H and O–H groups in total. The average molecular weight is 334 g/mol. The highest BCUT2D eigenvalue weighted by Crippen LogP contribution is 2.11. The minimum absolute atomic E-state index is 0.408. The zero-order chi connectivity index (χ0) is 14.2. The standard InChI is InChI=1S/C16H20BrN3/c1-2-7-19-16(10-13-5-8-18-9-6-13)11-15-4-3-14(17)12-20-15/h3-6,8-9,12,16,19H,2,7,10-11H2,1H3. The lowest BCUT2D eigenvalue weighted by Crippen LogP contribution is -2.34. The maximum atomic E-state index is 4.47. The number of halogens is 1. The minimum atomic E-state index is 0.408. The van der Waals surface area contributed by atoms with Crippen molar-refractivity contribution in [1.29, 1.82) is 0 Å². The Morgan fingerprint density at radius 3 is 2.60 bits per heavy atom. The Kier molecular flexibility index (Phi) is 6.15. The van der Waals surface area contributed by atoms with Gasteiger partial charge in [0.2, 0.25) is 0 Å². The van der Waals surface area contributed by atoms with Crippen molar-refractivity contribution < 1.29 is 0 Å². The topological polar surface area (TPSA) is 37.8 Å². The first-order chi connectivity index (χ1) is 9.78.